The molecule has 0 aliphatic heterocycles. The third-order valence-electron chi connectivity index (χ3n) is 2.73. The summed E-state index contributed by atoms with van der Waals surface area (Å²) in [4.78, 5) is 22.8. The zero-order chi connectivity index (χ0) is 15.2. The smallest absolute Gasteiger partial charge is 0.407 e. The zero-order valence-corrected chi connectivity index (χ0v) is 12.9. The van der Waals surface area contributed by atoms with Crippen molar-refractivity contribution in [2.45, 2.75) is 59.0 Å². The Kier molecular flexibility index (Phi) is 11.7. The van der Waals surface area contributed by atoms with Crippen molar-refractivity contribution in [3.63, 3.8) is 0 Å². The van der Waals surface area contributed by atoms with Crippen molar-refractivity contribution in [1.82, 2.24) is 10.6 Å². The van der Waals surface area contributed by atoms with Crippen molar-refractivity contribution >= 4 is 12.2 Å². The predicted octanol–water partition coefficient (Wildman–Crippen LogP) is 2.82. The van der Waals surface area contributed by atoms with Crippen molar-refractivity contribution in [3.8, 4) is 0 Å². The van der Waals surface area contributed by atoms with Gasteiger partial charge in [0.15, 0.2) is 0 Å². The number of nitrogens with one attached hydrogen (secondary N) is 2. The second kappa shape index (κ2) is 12.6. The van der Waals surface area contributed by atoms with Crippen LogP contribution in [0.1, 0.15) is 52.9 Å². The molecule has 6 nitrogen and oxygen atoms in total. The Bertz CT molecular complexity index is 272. The summed E-state index contributed by atoms with van der Waals surface area (Å²) in [5.41, 5.74) is 0. The zero-order valence-electron chi connectivity index (χ0n) is 12.9. The molecule has 2 N–H and O–H groups in total. The number of alkyl carbamates (subject to hydrolysis) is 2. The Morgan fingerprint density at radius 1 is 0.950 bits per heavy atom. The third-order valence-corrected chi connectivity index (χ3v) is 2.73. The molecule has 118 valence electrons. The minimum atomic E-state index is -0.466. The first-order valence-corrected chi connectivity index (χ1v) is 7.49. The first kappa shape index (κ1) is 18.5. The normalized spacial score (nSPS) is 11.6. The SMILES string of the molecule is CCCCNC(=O)OCC(CC)OC(=O)NCCCC. The molecule has 1 unspecified atom stereocenters. The van der Waals surface area contributed by atoms with Gasteiger partial charge in [-0.15, -0.1) is 0 Å². The first-order valence-electron chi connectivity index (χ1n) is 7.49. The van der Waals surface area contributed by atoms with Crippen LogP contribution in [0.15, 0.2) is 0 Å². The second-order valence-electron chi connectivity index (χ2n) is 4.59. The lowest BCUT2D eigenvalue weighted by Crippen LogP contribution is -2.34. The van der Waals surface area contributed by atoms with Crippen LogP contribution in [0.4, 0.5) is 9.59 Å². The molecule has 0 saturated heterocycles. The van der Waals surface area contributed by atoms with Gasteiger partial charge in [0.1, 0.15) is 12.7 Å². The molecule has 0 bridgehead atoms. The maximum Gasteiger partial charge on any atom is 0.407 e. The van der Waals surface area contributed by atoms with Gasteiger partial charge >= 0.3 is 12.2 Å². The van der Waals surface area contributed by atoms with Gasteiger partial charge in [-0.1, -0.05) is 33.6 Å². The Labute approximate surface area is 121 Å². The van der Waals surface area contributed by atoms with Crippen LogP contribution >= 0.6 is 0 Å². The van der Waals surface area contributed by atoms with E-state index in [-0.39, 0.29) is 6.61 Å². The van der Waals surface area contributed by atoms with Crippen molar-refractivity contribution < 1.29 is 19.1 Å². The standard InChI is InChI=1S/C14H28N2O4/c1-4-7-9-15-13(17)19-11-12(6-3)20-14(18)16-10-8-5-2/h12H,4-11H2,1-3H3,(H,15,17)(H,16,18). The van der Waals surface area contributed by atoms with E-state index >= 15 is 0 Å². The highest BCUT2D eigenvalue weighted by atomic mass is 16.6. The van der Waals surface area contributed by atoms with E-state index in [0.29, 0.717) is 19.5 Å². The average Bonchev–Trinajstić information content (AvgIpc) is 2.44. The van der Waals surface area contributed by atoms with Crippen LogP contribution in [0.3, 0.4) is 0 Å². The largest absolute Gasteiger partial charge is 0.446 e. The summed E-state index contributed by atoms with van der Waals surface area (Å²) in [6, 6.07) is 0. The monoisotopic (exact) mass is 288 g/mol. The van der Waals surface area contributed by atoms with Crippen molar-refractivity contribution in [1.29, 1.82) is 0 Å². The lowest BCUT2D eigenvalue weighted by molar-refractivity contribution is 0.0425. The van der Waals surface area contributed by atoms with Gasteiger partial charge in [-0.05, 0) is 19.3 Å². The van der Waals surface area contributed by atoms with Crippen LogP contribution < -0.4 is 10.6 Å². The van der Waals surface area contributed by atoms with Gasteiger partial charge in [-0.2, -0.15) is 0 Å². The highest BCUT2D eigenvalue weighted by molar-refractivity contribution is 5.68. The second-order valence-corrected chi connectivity index (χ2v) is 4.59. The van der Waals surface area contributed by atoms with E-state index in [1.54, 1.807) is 0 Å². The fourth-order valence-corrected chi connectivity index (χ4v) is 1.38. The van der Waals surface area contributed by atoms with E-state index in [0.717, 1.165) is 25.7 Å². The maximum absolute atomic E-state index is 11.5. The molecule has 0 saturated carbocycles. The number of rotatable bonds is 10. The van der Waals surface area contributed by atoms with E-state index in [1.807, 2.05) is 20.8 Å². The van der Waals surface area contributed by atoms with Crippen LogP contribution in [0.25, 0.3) is 0 Å². The minimum absolute atomic E-state index is 0.0790. The lowest BCUT2D eigenvalue weighted by Gasteiger charge is -2.16. The number of carbonyl (C=O) groups is 2. The molecular weight excluding hydrogens is 260 g/mol. The maximum atomic E-state index is 11.5. The van der Waals surface area contributed by atoms with Crippen LogP contribution in [-0.2, 0) is 9.47 Å². The fourth-order valence-electron chi connectivity index (χ4n) is 1.38. The molecular formula is C14H28N2O4. The Hall–Kier alpha value is -1.46. The summed E-state index contributed by atoms with van der Waals surface area (Å²) in [6.45, 7) is 7.25. The molecule has 0 spiro atoms. The van der Waals surface area contributed by atoms with Gasteiger partial charge in [0.2, 0.25) is 0 Å². The summed E-state index contributed by atoms with van der Waals surface area (Å²) >= 11 is 0. The molecule has 6 heteroatoms. The summed E-state index contributed by atoms with van der Waals surface area (Å²) in [5.74, 6) is 0. The van der Waals surface area contributed by atoms with Gasteiger partial charge in [0.25, 0.3) is 0 Å². The molecule has 20 heavy (non-hydrogen) atoms. The summed E-state index contributed by atoms with van der Waals surface area (Å²) in [6.07, 6.45) is 3.13. The van der Waals surface area contributed by atoms with Gasteiger partial charge in [-0.25, -0.2) is 9.59 Å². The van der Waals surface area contributed by atoms with Crippen molar-refractivity contribution in [3.05, 3.63) is 0 Å². The quantitative estimate of drug-likeness (QED) is 0.606. The minimum Gasteiger partial charge on any atom is -0.446 e. The number of amides is 2. The number of ether oxygens (including phenoxy) is 2. The molecule has 0 fully saturated rings. The lowest BCUT2D eigenvalue weighted by atomic mass is 10.3. The van der Waals surface area contributed by atoms with Gasteiger partial charge < -0.3 is 20.1 Å². The van der Waals surface area contributed by atoms with Crippen molar-refractivity contribution in [2.75, 3.05) is 19.7 Å². The molecule has 0 aliphatic carbocycles. The third kappa shape index (κ3) is 10.5. The molecule has 2 amide bonds. The van der Waals surface area contributed by atoms with Gasteiger partial charge in [0.05, 0.1) is 0 Å². The number of unbranched alkanes of at least 4 members (excludes halogenated alkanes) is 2. The summed E-state index contributed by atoms with van der Waals surface area (Å²) < 4.78 is 10.2. The van der Waals surface area contributed by atoms with E-state index in [4.69, 9.17) is 9.47 Å². The summed E-state index contributed by atoms with van der Waals surface area (Å²) in [5, 5.41) is 5.30. The molecule has 0 heterocycles. The van der Waals surface area contributed by atoms with Crippen LogP contribution in [0, 0.1) is 0 Å². The Morgan fingerprint density at radius 3 is 2.00 bits per heavy atom. The van der Waals surface area contributed by atoms with Gasteiger partial charge in [-0.3, -0.25) is 0 Å². The topological polar surface area (TPSA) is 76.7 Å². The van der Waals surface area contributed by atoms with Crippen molar-refractivity contribution in [2.24, 2.45) is 0 Å². The highest BCUT2D eigenvalue weighted by Crippen LogP contribution is 2.00. The Balaban J connectivity index is 3.79. The summed E-state index contributed by atoms with van der Waals surface area (Å²) in [7, 11) is 0. The van der Waals surface area contributed by atoms with E-state index in [2.05, 4.69) is 10.6 Å². The molecule has 0 aliphatic rings. The molecule has 0 radical (unpaired) electrons. The number of hydrogen-bond acceptors (Lipinski definition) is 4. The van der Waals surface area contributed by atoms with Crippen LogP contribution in [0.5, 0.6) is 0 Å². The fraction of sp³-hybridized carbons (Fsp3) is 0.857. The van der Waals surface area contributed by atoms with Crippen LogP contribution in [-0.4, -0.2) is 38.0 Å². The Morgan fingerprint density at radius 2 is 1.50 bits per heavy atom. The highest BCUT2D eigenvalue weighted by Gasteiger charge is 2.14. The molecule has 1 atom stereocenters. The number of carbonyl (C=O) groups excluding carboxylic acids is 2. The molecule has 0 aromatic rings. The number of hydrogen-bond donors (Lipinski definition) is 2. The molecule has 0 rings (SSSR count). The first-order chi connectivity index (χ1) is 9.63. The predicted molar refractivity (Wildman–Crippen MR) is 77.7 cm³/mol. The average molecular weight is 288 g/mol. The van der Waals surface area contributed by atoms with Gasteiger partial charge in [0, 0.05) is 13.1 Å². The molecule has 0 aromatic carbocycles. The van der Waals surface area contributed by atoms with E-state index in [9.17, 15) is 9.59 Å². The molecule has 0 aromatic heterocycles. The van der Waals surface area contributed by atoms with E-state index in [1.165, 1.54) is 0 Å². The van der Waals surface area contributed by atoms with E-state index < -0.39 is 18.3 Å². The van der Waals surface area contributed by atoms with Crippen LogP contribution in [0.2, 0.25) is 0 Å².